The number of aliphatic hydroxyl groups is 1. The zero-order chi connectivity index (χ0) is 14.9. The van der Waals surface area contributed by atoms with E-state index in [1.807, 2.05) is 0 Å². The summed E-state index contributed by atoms with van der Waals surface area (Å²) in [6.07, 6.45) is -13.6. The molecule has 1 unspecified atom stereocenters. The van der Waals surface area contributed by atoms with Crippen LogP contribution < -0.4 is 5.32 Å². The fourth-order valence-corrected chi connectivity index (χ4v) is 1.89. The Labute approximate surface area is 105 Å². The summed E-state index contributed by atoms with van der Waals surface area (Å²) in [6.45, 7) is -1.44. The highest BCUT2D eigenvalue weighted by Gasteiger charge is 2.59. The standard InChI is InChI=1S/C10H15F6NO2/c1-17-8(4-18,6-2-3-6)5-19-7(9(11,12)13)10(14,15)16/h6-7,17-18H,2-5H2,1H3. The Kier molecular flexibility index (Phi) is 4.74. The second-order valence-electron chi connectivity index (χ2n) is 4.61. The van der Waals surface area contributed by atoms with Crippen LogP contribution in [0.3, 0.4) is 0 Å². The van der Waals surface area contributed by atoms with E-state index in [0.29, 0.717) is 12.8 Å². The zero-order valence-electron chi connectivity index (χ0n) is 10.1. The van der Waals surface area contributed by atoms with Gasteiger partial charge in [-0.3, -0.25) is 0 Å². The van der Waals surface area contributed by atoms with Crippen LogP contribution in [0.1, 0.15) is 12.8 Å². The lowest BCUT2D eigenvalue weighted by atomic mass is 9.95. The summed E-state index contributed by atoms with van der Waals surface area (Å²) >= 11 is 0. The number of halogens is 6. The Balaban J connectivity index is 2.75. The molecule has 0 aliphatic heterocycles. The van der Waals surface area contributed by atoms with Crippen molar-refractivity contribution in [2.45, 2.75) is 36.8 Å². The lowest BCUT2D eigenvalue weighted by Gasteiger charge is -2.34. The van der Waals surface area contributed by atoms with Crippen molar-refractivity contribution >= 4 is 0 Å². The van der Waals surface area contributed by atoms with E-state index in [0.717, 1.165) is 0 Å². The summed E-state index contributed by atoms with van der Waals surface area (Å²) in [7, 11) is 1.37. The minimum atomic E-state index is -5.53. The minimum Gasteiger partial charge on any atom is -0.394 e. The summed E-state index contributed by atoms with van der Waals surface area (Å²) in [5.41, 5.74) is -1.26. The fourth-order valence-electron chi connectivity index (χ4n) is 1.89. The molecular formula is C10H15F6NO2. The lowest BCUT2D eigenvalue weighted by Crippen LogP contribution is -2.55. The second kappa shape index (κ2) is 5.45. The first kappa shape index (κ1) is 16.5. The van der Waals surface area contributed by atoms with E-state index >= 15 is 0 Å². The highest BCUT2D eigenvalue weighted by atomic mass is 19.4. The summed E-state index contributed by atoms with van der Waals surface area (Å²) in [4.78, 5) is 0. The van der Waals surface area contributed by atoms with Gasteiger partial charge in [0.1, 0.15) is 0 Å². The molecule has 0 spiro atoms. The predicted molar refractivity (Wildman–Crippen MR) is 53.5 cm³/mol. The van der Waals surface area contributed by atoms with Crippen molar-refractivity contribution in [2.75, 3.05) is 20.3 Å². The molecule has 0 aromatic carbocycles. The number of aliphatic hydroxyl groups excluding tert-OH is 1. The van der Waals surface area contributed by atoms with E-state index < -0.39 is 37.2 Å². The van der Waals surface area contributed by atoms with Crippen molar-refractivity contribution in [1.82, 2.24) is 5.32 Å². The van der Waals surface area contributed by atoms with Gasteiger partial charge in [0.15, 0.2) is 0 Å². The molecule has 1 aliphatic rings. The third-order valence-corrected chi connectivity index (χ3v) is 3.24. The molecule has 0 saturated heterocycles. The van der Waals surface area contributed by atoms with Gasteiger partial charge in [-0.05, 0) is 25.8 Å². The number of likely N-dealkylation sites (N-methyl/N-ethyl adjacent to an activating group) is 1. The predicted octanol–water partition coefficient (Wildman–Crippen LogP) is 1.86. The molecule has 0 amide bonds. The van der Waals surface area contributed by atoms with Crippen LogP contribution in [0, 0.1) is 5.92 Å². The zero-order valence-corrected chi connectivity index (χ0v) is 10.1. The molecule has 114 valence electrons. The van der Waals surface area contributed by atoms with Gasteiger partial charge in [-0.25, -0.2) is 0 Å². The Bertz CT molecular complexity index is 281. The van der Waals surface area contributed by atoms with Crippen molar-refractivity contribution < 1.29 is 36.2 Å². The van der Waals surface area contributed by atoms with Crippen LogP contribution in [0.25, 0.3) is 0 Å². The number of nitrogens with one attached hydrogen (secondary N) is 1. The molecule has 9 heteroatoms. The Hall–Kier alpha value is -0.540. The molecule has 0 heterocycles. The van der Waals surface area contributed by atoms with E-state index in [-0.39, 0.29) is 5.92 Å². The topological polar surface area (TPSA) is 41.5 Å². The highest BCUT2D eigenvalue weighted by molar-refractivity contribution is 5.00. The molecule has 1 fully saturated rings. The molecule has 0 radical (unpaired) electrons. The molecule has 0 aromatic heterocycles. The molecule has 2 N–H and O–H groups in total. The quantitative estimate of drug-likeness (QED) is 0.735. The van der Waals surface area contributed by atoms with Crippen LogP contribution in [0.4, 0.5) is 26.3 Å². The average molecular weight is 295 g/mol. The van der Waals surface area contributed by atoms with Gasteiger partial charge in [-0.1, -0.05) is 0 Å². The Morgan fingerprint density at radius 1 is 1.16 bits per heavy atom. The highest BCUT2D eigenvalue weighted by Crippen LogP contribution is 2.41. The van der Waals surface area contributed by atoms with Gasteiger partial charge in [0.25, 0.3) is 0 Å². The Morgan fingerprint density at radius 3 is 1.89 bits per heavy atom. The molecular weight excluding hydrogens is 280 g/mol. The maximum Gasteiger partial charge on any atom is 0.423 e. The van der Waals surface area contributed by atoms with Crippen molar-refractivity contribution in [3.05, 3.63) is 0 Å². The van der Waals surface area contributed by atoms with Crippen LogP contribution in [0.5, 0.6) is 0 Å². The number of alkyl halides is 6. The largest absolute Gasteiger partial charge is 0.423 e. The van der Waals surface area contributed by atoms with Gasteiger partial charge in [0, 0.05) is 0 Å². The van der Waals surface area contributed by atoms with E-state index in [1.54, 1.807) is 0 Å². The third-order valence-electron chi connectivity index (χ3n) is 3.24. The number of hydrogen-bond acceptors (Lipinski definition) is 3. The molecule has 1 rings (SSSR count). The van der Waals surface area contributed by atoms with E-state index in [2.05, 4.69) is 10.1 Å². The second-order valence-corrected chi connectivity index (χ2v) is 4.61. The number of hydrogen-bond donors (Lipinski definition) is 2. The maximum absolute atomic E-state index is 12.3. The van der Waals surface area contributed by atoms with Crippen LogP contribution in [-0.4, -0.2) is 49.4 Å². The van der Waals surface area contributed by atoms with E-state index in [1.165, 1.54) is 7.05 Å². The molecule has 0 aromatic rings. The fraction of sp³-hybridized carbons (Fsp3) is 1.00. The Morgan fingerprint density at radius 2 is 1.63 bits per heavy atom. The van der Waals surface area contributed by atoms with Crippen LogP contribution >= 0.6 is 0 Å². The van der Waals surface area contributed by atoms with Crippen molar-refractivity contribution in [3.8, 4) is 0 Å². The first-order chi connectivity index (χ1) is 8.57. The third kappa shape index (κ3) is 3.96. The first-order valence-electron chi connectivity index (χ1n) is 5.61. The van der Waals surface area contributed by atoms with Crippen molar-refractivity contribution in [1.29, 1.82) is 0 Å². The van der Waals surface area contributed by atoms with E-state index in [4.69, 9.17) is 0 Å². The smallest absolute Gasteiger partial charge is 0.394 e. The van der Waals surface area contributed by atoms with Crippen molar-refractivity contribution in [3.63, 3.8) is 0 Å². The number of ether oxygens (including phenoxy) is 1. The van der Waals surface area contributed by atoms with Crippen LogP contribution in [0.15, 0.2) is 0 Å². The molecule has 1 aliphatic carbocycles. The minimum absolute atomic E-state index is 0.176. The molecule has 0 bridgehead atoms. The van der Waals surface area contributed by atoms with Gasteiger partial charge < -0.3 is 15.2 Å². The van der Waals surface area contributed by atoms with Gasteiger partial charge >= 0.3 is 12.4 Å². The van der Waals surface area contributed by atoms with Gasteiger partial charge in [-0.2, -0.15) is 26.3 Å². The lowest BCUT2D eigenvalue weighted by molar-refractivity contribution is -0.325. The summed E-state index contributed by atoms with van der Waals surface area (Å²) < 4.78 is 77.8. The first-order valence-corrected chi connectivity index (χ1v) is 5.61. The SMILES string of the molecule is CNC(CO)(COC(C(F)(F)F)C(F)(F)F)C1CC1. The molecule has 19 heavy (non-hydrogen) atoms. The monoisotopic (exact) mass is 295 g/mol. The molecule has 3 nitrogen and oxygen atoms in total. The molecule has 1 saturated carbocycles. The summed E-state index contributed by atoms with van der Waals surface area (Å²) in [5.74, 6) is -0.176. The van der Waals surface area contributed by atoms with Crippen LogP contribution in [0.2, 0.25) is 0 Å². The van der Waals surface area contributed by atoms with Gasteiger partial charge in [-0.15, -0.1) is 0 Å². The number of rotatable bonds is 6. The van der Waals surface area contributed by atoms with Gasteiger partial charge in [0.05, 0.1) is 18.8 Å². The van der Waals surface area contributed by atoms with Gasteiger partial charge in [0.2, 0.25) is 6.10 Å². The maximum atomic E-state index is 12.3. The average Bonchev–Trinajstić information content (AvgIpc) is 3.05. The van der Waals surface area contributed by atoms with Crippen LogP contribution in [-0.2, 0) is 4.74 Å². The normalized spacial score (nSPS) is 20.7. The molecule has 1 atom stereocenters. The van der Waals surface area contributed by atoms with E-state index in [9.17, 15) is 31.4 Å². The summed E-state index contributed by atoms with van der Waals surface area (Å²) in [5, 5.41) is 11.8. The summed E-state index contributed by atoms with van der Waals surface area (Å²) in [6, 6.07) is 0. The van der Waals surface area contributed by atoms with Crippen molar-refractivity contribution in [2.24, 2.45) is 5.92 Å².